The zero-order valence-corrected chi connectivity index (χ0v) is 27.5. The van der Waals surface area contributed by atoms with Crippen LogP contribution in [0.4, 0.5) is 0 Å². The first-order valence-electron chi connectivity index (χ1n) is 15.5. The quantitative estimate of drug-likeness (QED) is 0.266. The number of nitrogens with one attached hydrogen (secondary N) is 3. The van der Waals surface area contributed by atoms with Crippen LogP contribution in [0.2, 0.25) is 0 Å². The van der Waals surface area contributed by atoms with Crippen molar-refractivity contribution in [1.82, 2.24) is 30.8 Å². The van der Waals surface area contributed by atoms with Crippen LogP contribution in [0, 0.1) is 12.8 Å². The predicted molar refractivity (Wildman–Crippen MR) is 178 cm³/mol. The van der Waals surface area contributed by atoms with Gasteiger partial charge in [0.1, 0.15) is 22.5 Å². The zero-order valence-electron chi connectivity index (χ0n) is 26.7. The van der Waals surface area contributed by atoms with Crippen molar-refractivity contribution in [3.63, 3.8) is 0 Å². The normalized spacial score (nSPS) is 19.6. The smallest absolute Gasteiger partial charge is 0.274 e. The topological polar surface area (TPSA) is 147 Å². The maximum absolute atomic E-state index is 13.7. The number of carbonyl (C=O) groups is 4. The molecule has 2 aromatic heterocycles. The third kappa shape index (κ3) is 8.59. The molecule has 12 heteroatoms. The molecule has 3 atom stereocenters. The lowest BCUT2D eigenvalue weighted by molar-refractivity contribution is -0.133. The van der Waals surface area contributed by atoms with E-state index in [1.807, 2.05) is 74.5 Å². The monoisotopic (exact) mass is 654 g/mol. The first-order chi connectivity index (χ1) is 22.6. The van der Waals surface area contributed by atoms with Gasteiger partial charge in [0, 0.05) is 18.0 Å². The van der Waals surface area contributed by atoms with E-state index in [0.717, 1.165) is 11.1 Å². The number of nitrogens with zero attached hydrogens (tertiary/aromatic N) is 3. The summed E-state index contributed by atoms with van der Waals surface area (Å²) in [6.45, 7) is 6.95. The van der Waals surface area contributed by atoms with E-state index >= 15 is 0 Å². The Hall–Kier alpha value is -5.10. The Balaban J connectivity index is 1.52. The Bertz CT molecular complexity index is 1750. The molecule has 244 valence electrons. The molecule has 4 amide bonds. The Morgan fingerprint density at radius 1 is 1.00 bits per heavy atom. The summed E-state index contributed by atoms with van der Waals surface area (Å²) in [5.41, 5.74) is 2.05. The number of hydrogen-bond acceptors (Lipinski definition) is 8. The van der Waals surface area contributed by atoms with Gasteiger partial charge in [-0.3, -0.25) is 19.2 Å². The molecule has 0 radical (unpaired) electrons. The van der Waals surface area contributed by atoms with Gasteiger partial charge in [0.15, 0.2) is 5.69 Å². The molecule has 0 aliphatic carbocycles. The highest BCUT2D eigenvalue weighted by Gasteiger charge is 2.30. The third-order valence-corrected chi connectivity index (χ3v) is 8.74. The number of oxazole rings is 1. The van der Waals surface area contributed by atoms with E-state index in [4.69, 9.17) is 4.42 Å². The average Bonchev–Trinajstić information content (AvgIpc) is 3.70. The molecule has 0 saturated carbocycles. The number of fused-ring (bicyclic) bond motifs is 4. The zero-order chi connectivity index (χ0) is 33.5. The van der Waals surface area contributed by atoms with E-state index in [1.165, 1.54) is 22.3 Å². The molecule has 47 heavy (non-hydrogen) atoms. The third-order valence-electron chi connectivity index (χ3n) is 7.72. The summed E-state index contributed by atoms with van der Waals surface area (Å²) in [5.74, 6) is -1.41. The SMILES string of the molecule is Cc1oc2nc1C(=O)N[C@H](C)c1nc(cs1)C(=O)N[C@H](Cc1ccccc1)CN(C(=O)C=Cc1ccccc1)CC(=O)N[C@H]2C(C)C. The van der Waals surface area contributed by atoms with Gasteiger partial charge in [-0.25, -0.2) is 9.97 Å². The molecule has 4 aromatic rings. The summed E-state index contributed by atoms with van der Waals surface area (Å²) < 4.78 is 5.90. The number of hydrogen-bond donors (Lipinski definition) is 3. The first-order valence-corrected chi connectivity index (χ1v) is 16.3. The van der Waals surface area contributed by atoms with Crippen LogP contribution in [0.25, 0.3) is 6.08 Å². The van der Waals surface area contributed by atoms with Crippen molar-refractivity contribution >= 4 is 41.0 Å². The van der Waals surface area contributed by atoms with Crippen molar-refractivity contribution in [2.45, 2.75) is 52.2 Å². The standard InChI is InChI=1S/C35H38N6O5S/c1-21(2)30-34-40-31(23(4)46-34)33(45)36-22(3)35-38-27(20-47-35)32(44)37-26(17-25-13-9-6-10-14-25)18-41(19-28(42)39-30)29(43)16-15-24-11-7-5-8-12-24/h5-16,20-22,26,30H,17-19H2,1-4H3,(H,36,45)(H,37,44)(H,39,42)/t22-,26-,30+/m1/s1. The lowest BCUT2D eigenvalue weighted by Crippen LogP contribution is -2.50. The molecule has 1 aliphatic rings. The molecule has 11 nitrogen and oxygen atoms in total. The summed E-state index contributed by atoms with van der Waals surface area (Å²) in [4.78, 5) is 64.5. The minimum atomic E-state index is -0.669. The minimum Gasteiger partial charge on any atom is -0.443 e. The van der Waals surface area contributed by atoms with Crippen molar-refractivity contribution in [2.75, 3.05) is 13.1 Å². The van der Waals surface area contributed by atoms with Crippen LogP contribution in [0.1, 0.15) is 81.6 Å². The molecule has 0 saturated heterocycles. The van der Waals surface area contributed by atoms with Crippen LogP contribution < -0.4 is 16.0 Å². The molecule has 3 N–H and O–H groups in total. The second-order valence-corrected chi connectivity index (χ2v) is 12.7. The molecular weight excluding hydrogens is 616 g/mol. The molecule has 0 unspecified atom stereocenters. The molecular formula is C35H38N6O5S. The maximum atomic E-state index is 13.7. The Morgan fingerprint density at radius 3 is 2.40 bits per heavy atom. The summed E-state index contributed by atoms with van der Waals surface area (Å²) in [6.07, 6.45) is 3.51. The highest BCUT2D eigenvalue weighted by Crippen LogP contribution is 2.25. The van der Waals surface area contributed by atoms with Crippen LogP contribution >= 0.6 is 11.3 Å². The number of benzene rings is 2. The van der Waals surface area contributed by atoms with Gasteiger partial charge in [-0.2, -0.15) is 0 Å². The molecule has 1 aliphatic heterocycles. The van der Waals surface area contributed by atoms with Gasteiger partial charge in [0.2, 0.25) is 17.7 Å². The predicted octanol–water partition coefficient (Wildman–Crippen LogP) is 4.64. The molecule has 5 rings (SSSR count). The fourth-order valence-electron chi connectivity index (χ4n) is 5.24. The van der Waals surface area contributed by atoms with Crippen molar-refractivity contribution in [1.29, 1.82) is 0 Å². The summed E-state index contributed by atoms with van der Waals surface area (Å²) in [6, 6.07) is 17.2. The fourth-order valence-corrected chi connectivity index (χ4v) is 6.05. The maximum Gasteiger partial charge on any atom is 0.274 e. The fraction of sp³-hybridized carbons (Fsp3) is 0.314. The van der Waals surface area contributed by atoms with E-state index in [9.17, 15) is 19.2 Å². The second-order valence-electron chi connectivity index (χ2n) is 11.8. The summed E-state index contributed by atoms with van der Waals surface area (Å²) >= 11 is 1.25. The van der Waals surface area contributed by atoms with Crippen LogP contribution in [0.15, 0.2) is 76.5 Å². The Labute approximate surface area is 277 Å². The minimum absolute atomic E-state index is 0.0457. The summed E-state index contributed by atoms with van der Waals surface area (Å²) in [5, 5.41) is 11.1. The molecule has 0 spiro atoms. The van der Waals surface area contributed by atoms with Crippen molar-refractivity contribution in [3.05, 3.63) is 111 Å². The second kappa shape index (κ2) is 15.0. The van der Waals surface area contributed by atoms with E-state index in [-0.39, 0.29) is 36.3 Å². The molecule has 2 aromatic carbocycles. The van der Waals surface area contributed by atoms with Crippen LogP contribution in [-0.4, -0.2) is 57.6 Å². The number of amides is 4. The van der Waals surface area contributed by atoms with Gasteiger partial charge in [0.05, 0.1) is 18.6 Å². The number of aryl methyl sites for hydroxylation is 1. The van der Waals surface area contributed by atoms with Crippen LogP contribution in [-0.2, 0) is 16.0 Å². The Kier molecular flexibility index (Phi) is 10.6. The Morgan fingerprint density at radius 2 is 1.70 bits per heavy atom. The first kappa shape index (κ1) is 33.3. The van der Waals surface area contributed by atoms with E-state index < -0.39 is 41.8 Å². The number of thiazole rings is 1. The van der Waals surface area contributed by atoms with Gasteiger partial charge in [-0.1, -0.05) is 74.5 Å². The largest absolute Gasteiger partial charge is 0.443 e. The van der Waals surface area contributed by atoms with Crippen molar-refractivity contribution in [2.24, 2.45) is 5.92 Å². The van der Waals surface area contributed by atoms with Gasteiger partial charge in [0.25, 0.3) is 11.8 Å². The average molecular weight is 655 g/mol. The van der Waals surface area contributed by atoms with Crippen LogP contribution in [0.3, 0.4) is 0 Å². The van der Waals surface area contributed by atoms with Gasteiger partial charge >= 0.3 is 0 Å². The van der Waals surface area contributed by atoms with Gasteiger partial charge in [-0.15, -0.1) is 11.3 Å². The highest BCUT2D eigenvalue weighted by atomic mass is 32.1. The lowest BCUT2D eigenvalue weighted by Gasteiger charge is -2.28. The van der Waals surface area contributed by atoms with Gasteiger partial charge in [-0.05, 0) is 43.4 Å². The van der Waals surface area contributed by atoms with Crippen molar-refractivity contribution < 1.29 is 23.6 Å². The molecule has 4 bridgehead atoms. The summed E-state index contributed by atoms with van der Waals surface area (Å²) in [7, 11) is 0. The van der Waals surface area contributed by atoms with Crippen molar-refractivity contribution in [3.8, 4) is 0 Å². The lowest BCUT2D eigenvalue weighted by atomic mass is 10.0. The van der Waals surface area contributed by atoms with Crippen LogP contribution in [0.5, 0.6) is 0 Å². The van der Waals surface area contributed by atoms with E-state index in [2.05, 4.69) is 25.9 Å². The van der Waals surface area contributed by atoms with Gasteiger partial charge < -0.3 is 25.3 Å². The highest BCUT2D eigenvalue weighted by molar-refractivity contribution is 7.09. The number of carbonyl (C=O) groups excluding carboxylic acids is 4. The van der Waals surface area contributed by atoms with E-state index in [0.29, 0.717) is 17.2 Å². The number of rotatable bonds is 5. The van der Waals surface area contributed by atoms with E-state index in [1.54, 1.807) is 25.3 Å². The number of aromatic nitrogens is 2. The molecule has 0 fully saturated rings. The molecule has 3 heterocycles.